The largest absolute Gasteiger partial charge is 0.316 e. The molecule has 0 spiro atoms. The Kier molecular flexibility index (Phi) is 3.66. The molecule has 1 N–H and O–H groups in total. The fraction of sp³-hybridized carbons (Fsp3) is 0.538. The molecule has 1 aliphatic carbocycles. The standard InChI is InChI=1S/C13H18ClN/c14-10-13(7-8-13)11-15-9-6-12-4-2-1-3-5-12/h1-5,15H,6-11H2. The van der Waals surface area contributed by atoms with Gasteiger partial charge in [0.25, 0.3) is 0 Å². The van der Waals surface area contributed by atoms with Crippen LogP contribution in [0.25, 0.3) is 0 Å². The zero-order valence-corrected chi connectivity index (χ0v) is 9.76. The first kappa shape index (κ1) is 11.0. The minimum absolute atomic E-state index is 0.443. The van der Waals surface area contributed by atoms with E-state index in [2.05, 4.69) is 35.6 Å². The molecule has 82 valence electrons. The van der Waals surface area contributed by atoms with Gasteiger partial charge in [-0.25, -0.2) is 0 Å². The Balaban J connectivity index is 1.63. The van der Waals surface area contributed by atoms with Crippen molar-refractivity contribution in [2.24, 2.45) is 5.41 Å². The van der Waals surface area contributed by atoms with Crippen LogP contribution >= 0.6 is 11.6 Å². The Labute approximate surface area is 96.8 Å². The Hall–Kier alpha value is -0.530. The van der Waals surface area contributed by atoms with E-state index in [0.29, 0.717) is 5.41 Å². The zero-order chi connectivity index (χ0) is 10.6. The number of hydrogen-bond acceptors (Lipinski definition) is 1. The van der Waals surface area contributed by atoms with Gasteiger partial charge in [0, 0.05) is 12.4 Å². The fourth-order valence-electron chi connectivity index (χ4n) is 1.77. The quantitative estimate of drug-likeness (QED) is 0.578. The van der Waals surface area contributed by atoms with Crippen molar-refractivity contribution in [2.75, 3.05) is 19.0 Å². The van der Waals surface area contributed by atoms with Crippen molar-refractivity contribution in [2.45, 2.75) is 19.3 Å². The van der Waals surface area contributed by atoms with Crippen LogP contribution < -0.4 is 5.32 Å². The van der Waals surface area contributed by atoms with Gasteiger partial charge in [-0.05, 0) is 36.8 Å². The van der Waals surface area contributed by atoms with Crippen LogP contribution in [0.15, 0.2) is 30.3 Å². The molecule has 1 aromatic carbocycles. The summed E-state index contributed by atoms with van der Waals surface area (Å²) in [5, 5.41) is 3.50. The van der Waals surface area contributed by atoms with Gasteiger partial charge in [-0.15, -0.1) is 11.6 Å². The van der Waals surface area contributed by atoms with E-state index >= 15 is 0 Å². The third kappa shape index (κ3) is 3.22. The summed E-state index contributed by atoms with van der Waals surface area (Å²) in [6.45, 7) is 2.14. The molecule has 2 rings (SSSR count). The van der Waals surface area contributed by atoms with E-state index in [-0.39, 0.29) is 0 Å². The molecule has 0 unspecified atom stereocenters. The van der Waals surface area contributed by atoms with Crippen molar-refractivity contribution in [3.8, 4) is 0 Å². The van der Waals surface area contributed by atoms with Gasteiger partial charge in [0.2, 0.25) is 0 Å². The summed E-state index contributed by atoms with van der Waals surface area (Å²) in [5.41, 5.74) is 1.85. The molecule has 1 fully saturated rings. The molecule has 0 atom stereocenters. The maximum atomic E-state index is 5.91. The lowest BCUT2D eigenvalue weighted by atomic mass is 10.1. The molecular weight excluding hydrogens is 206 g/mol. The summed E-state index contributed by atoms with van der Waals surface area (Å²) < 4.78 is 0. The van der Waals surface area contributed by atoms with Gasteiger partial charge in [0.05, 0.1) is 0 Å². The number of benzene rings is 1. The maximum Gasteiger partial charge on any atom is 0.0292 e. The second kappa shape index (κ2) is 5.00. The van der Waals surface area contributed by atoms with Crippen LogP contribution in [0.4, 0.5) is 0 Å². The average Bonchev–Trinajstić information content (AvgIpc) is 3.07. The molecule has 0 aromatic heterocycles. The highest BCUT2D eigenvalue weighted by Gasteiger charge is 2.40. The molecule has 0 amide bonds. The highest BCUT2D eigenvalue weighted by Crippen LogP contribution is 2.45. The second-order valence-corrected chi connectivity index (χ2v) is 4.81. The van der Waals surface area contributed by atoms with Crippen LogP contribution in [0, 0.1) is 5.41 Å². The number of rotatable bonds is 6. The van der Waals surface area contributed by atoms with Crippen molar-refractivity contribution in [1.82, 2.24) is 5.32 Å². The molecule has 0 saturated heterocycles. The normalized spacial score (nSPS) is 17.7. The number of nitrogens with one attached hydrogen (secondary N) is 1. The van der Waals surface area contributed by atoms with Crippen molar-refractivity contribution >= 4 is 11.6 Å². The molecule has 1 aliphatic rings. The molecule has 1 nitrogen and oxygen atoms in total. The molecule has 0 heterocycles. The van der Waals surface area contributed by atoms with E-state index in [4.69, 9.17) is 11.6 Å². The molecule has 0 bridgehead atoms. The van der Waals surface area contributed by atoms with Gasteiger partial charge < -0.3 is 5.32 Å². The Morgan fingerprint density at radius 3 is 2.53 bits per heavy atom. The summed E-state index contributed by atoms with van der Waals surface area (Å²) >= 11 is 5.91. The minimum atomic E-state index is 0.443. The lowest BCUT2D eigenvalue weighted by Gasteiger charge is -2.12. The van der Waals surface area contributed by atoms with Crippen LogP contribution in [0.5, 0.6) is 0 Å². The minimum Gasteiger partial charge on any atom is -0.316 e. The fourth-order valence-corrected chi connectivity index (χ4v) is 2.13. The Morgan fingerprint density at radius 2 is 1.93 bits per heavy atom. The van der Waals surface area contributed by atoms with E-state index in [1.807, 2.05) is 0 Å². The van der Waals surface area contributed by atoms with Crippen molar-refractivity contribution in [1.29, 1.82) is 0 Å². The SMILES string of the molecule is ClCC1(CNCCc2ccccc2)CC1. The van der Waals surface area contributed by atoms with Crippen LogP contribution in [-0.4, -0.2) is 19.0 Å². The van der Waals surface area contributed by atoms with Crippen LogP contribution in [0.2, 0.25) is 0 Å². The van der Waals surface area contributed by atoms with Crippen molar-refractivity contribution in [3.05, 3.63) is 35.9 Å². The van der Waals surface area contributed by atoms with Gasteiger partial charge in [0.1, 0.15) is 0 Å². The van der Waals surface area contributed by atoms with E-state index in [0.717, 1.165) is 25.4 Å². The van der Waals surface area contributed by atoms with E-state index in [1.165, 1.54) is 18.4 Å². The lowest BCUT2D eigenvalue weighted by molar-refractivity contribution is 0.507. The summed E-state index contributed by atoms with van der Waals surface area (Å²) in [5.74, 6) is 0.811. The van der Waals surface area contributed by atoms with Gasteiger partial charge in [-0.1, -0.05) is 30.3 Å². The second-order valence-electron chi connectivity index (χ2n) is 4.55. The van der Waals surface area contributed by atoms with E-state index < -0.39 is 0 Å². The number of hydrogen-bond donors (Lipinski definition) is 1. The van der Waals surface area contributed by atoms with Gasteiger partial charge in [-0.2, -0.15) is 0 Å². The van der Waals surface area contributed by atoms with Crippen LogP contribution in [-0.2, 0) is 6.42 Å². The molecule has 2 heteroatoms. The maximum absolute atomic E-state index is 5.91. The average molecular weight is 224 g/mol. The molecule has 1 saturated carbocycles. The number of halogens is 1. The lowest BCUT2D eigenvalue weighted by Crippen LogP contribution is -2.26. The van der Waals surface area contributed by atoms with Crippen molar-refractivity contribution < 1.29 is 0 Å². The number of alkyl halides is 1. The smallest absolute Gasteiger partial charge is 0.0292 e. The Morgan fingerprint density at radius 1 is 1.20 bits per heavy atom. The third-order valence-corrected chi connectivity index (χ3v) is 3.74. The van der Waals surface area contributed by atoms with Crippen LogP contribution in [0.1, 0.15) is 18.4 Å². The summed E-state index contributed by atoms with van der Waals surface area (Å²) in [4.78, 5) is 0. The molecule has 1 aromatic rings. The van der Waals surface area contributed by atoms with E-state index in [1.54, 1.807) is 0 Å². The Bertz CT molecular complexity index is 293. The van der Waals surface area contributed by atoms with Gasteiger partial charge in [-0.3, -0.25) is 0 Å². The molecule has 0 aliphatic heterocycles. The summed E-state index contributed by atoms with van der Waals surface area (Å²) in [6, 6.07) is 10.6. The van der Waals surface area contributed by atoms with Gasteiger partial charge in [0.15, 0.2) is 0 Å². The van der Waals surface area contributed by atoms with Crippen molar-refractivity contribution in [3.63, 3.8) is 0 Å². The monoisotopic (exact) mass is 223 g/mol. The first-order chi connectivity index (χ1) is 7.35. The summed E-state index contributed by atoms with van der Waals surface area (Å²) in [7, 11) is 0. The first-order valence-electron chi connectivity index (χ1n) is 5.65. The molecule has 0 radical (unpaired) electrons. The predicted octanol–water partition coefficient (Wildman–Crippen LogP) is 2.84. The zero-order valence-electron chi connectivity index (χ0n) is 9.01. The highest BCUT2D eigenvalue weighted by atomic mass is 35.5. The van der Waals surface area contributed by atoms with Gasteiger partial charge >= 0.3 is 0 Å². The third-order valence-electron chi connectivity index (χ3n) is 3.17. The highest BCUT2D eigenvalue weighted by molar-refractivity contribution is 6.18. The first-order valence-corrected chi connectivity index (χ1v) is 6.19. The van der Waals surface area contributed by atoms with Crippen LogP contribution in [0.3, 0.4) is 0 Å². The predicted molar refractivity (Wildman–Crippen MR) is 65.4 cm³/mol. The molecular formula is C13H18ClN. The van der Waals surface area contributed by atoms with E-state index in [9.17, 15) is 0 Å². The summed E-state index contributed by atoms with van der Waals surface area (Å²) in [6.07, 6.45) is 3.71. The molecule has 15 heavy (non-hydrogen) atoms. The topological polar surface area (TPSA) is 12.0 Å².